The van der Waals surface area contributed by atoms with Crippen LogP contribution in [0.25, 0.3) is 0 Å². The number of nitrogens with zero attached hydrogens (tertiary/aromatic N) is 3. The average Bonchev–Trinajstić information content (AvgIpc) is 2.91. The molecule has 134 valence electrons. The van der Waals surface area contributed by atoms with Gasteiger partial charge in [-0.15, -0.1) is 0 Å². The van der Waals surface area contributed by atoms with E-state index in [1.165, 1.54) is 16.8 Å². The van der Waals surface area contributed by atoms with Gasteiger partial charge in [0.05, 0.1) is 11.4 Å². The van der Waals surface area contributed by atoms with Crippen molar-refractivity contribution < 1.29 is 4.79 Å². The number of fused-ring (bicyclic) bond motifs is 1. The Bertz CT molecular complexity index is 753. The van der Waals surface area contributed by atoms with E-state index in [1.807, 2.05) is 11.8 Å². The Kier molecular flexibility index (Phi) is 5.84. The molecule has 0 atom stereocenters. The van der Waals surface area contributed by atoms with Crippen molar-refractivity contribution in [2.75, 3.05) is 12.3 Å². The second-order valence-electron chi connectivity index (χ2n) is 6.69. The van der Waals surface area contributed by atoms with Gasteiger partial charge in [0, 0.05) is 25.3 Å². The Morgan fingerprint density at radius 3 is 2.76 bits per heavy atom. The number of hydrogen-bond donors (Lipinski definition) is 0. The summed E-state index contributed by atoms with van der Waals surface area (Å²) < 4.78 is 2.27. The van der Waals surface area contributed by atoms with E-state index in [0.717, 1.165) is 49.7 Å². The smallest absolute Gasteiger partial charge is 0.233 e. The number of hydrogen-bond acceptors (Lipinski definition) is 3. The topological polar surface area (TPSA) is 38.1 Å². The van der Waals surface area contributed by atoms with E-state index in [1.54, 1.807) is 11.8 Å². The number of benzene rings is 1. The molecule has 1 aliphatic heterocycles. The molecule has 1 aromatic carbocycles. The number of amides is 1. The van der Waals surface area contributed by atoms with Crippen molar-refractivity contribution in [1.82, 2.24) is 14.5 Å². The minimum absolute atomic E-state index is 0.208. The third-order valence-corrected chi connectivity index (χ3v) is 5.93. The fourth-order valence-corrected chi connectivity index (χ4v) is 4.26. The Balaban J connectivity index is 1.62. The van der Waals surface area contributed by atoms with Gasteiger partial charge in [0.1, 0.15) is 0 Å². The van der Waals surface area contributed by atoms with Crippen LogP contribution in [0.3, 0.4) is 0 Å². The molecule has 2 heterocycles. The van der Waals surface area contributed by atoms with E-state index in [0.29, 0.717) is 5.75 Å². The molecule has 0 saturated carbocycles. The van der Waals surface area contributed by atoms with Crippen LogP contribution < -0.4 is 0 Å². The predicted octanol–water partition coefficient (Wildman–Crippen LogP) is 3.98. The van der Waals surface area contributed by atoms with Gasteiger partial charge in [0.2, 0.25) is 5.91 Å². The minimum atomic E-state index is 0.208. The highest BCUT2D eigenvalue weighted by atomic mass is 32.2. The van der Waals surface area contributed by atoms with Crippen LogP contribution >= 0.6 is 11.8 Å². The van der Waals surface area contributed by atoms with Crippen molar-refractivity contribution in [3.8, 4) is 0 Å². The lowest BCUT2D eigenvalue weighted by molar-refractivity contribution is -0.129. The van der Waals surface area contributed by atoms with Gasteiger partial charge in [-0.2, -0.15) is 0 Å². The quantitative estimate of drug-likeness (QED) is 0.734. The summed E-state index contributed by atoms with van der Waals surface area (Å²) in [7, 11) is 0. The maximum absolute atomic E-state index is 12.7. The second kappa shape index (κ2) is 8.09. The van der Waals surface area contributed by atoms with E-state index < -0.39 is 0 Å². The molecule has 1 aromatic heterocycles. The zero-order valence-electron chi connectivity index (χ0n) is 15.4. The lowest BCUT2D eigenvalue weighted by Crippen LogP contribution is -2.37. The number of aromatic nitrogens is 2. The number of unbranched alkanes of at least 4 members (excludes halogenated alkanes) is 1. The molecule has 0 unspecified atom stereocenters. The van der Waals surface area contributed by atoms with E-state index in [9.17, 15) is 4.79 Å². The summed E-state index contributed by atoms with van der Waals surface area (Å²) in [4.78, 5) is 19.3. The highest BCUT2D eigenvalue weighted by Crippen LogP contribution is 2.24. The fourth-order valence-electron chi connectivity index (χ4n) is 3.24. The SMILES string of the molecule is CCCCn1c(SCC(=O)N2CCc3ccccc3C2)nc(C)c1C. The highest BCUT2D eigenvalue weighted by Gasteiger charge is 2.21. The molecule has 0 saturated heterocycles. The third-order valence-electron chi connectivity index (χ3n) is 4.97. The van der Waals surface area contributed by atoms with Crippen LogP contribution in [-0.4, -0.2) is 32.7 Å². The summed E-state index contributed by atoms with van der Waals surface area (Å²) in [5.74, 6) is 0.671. The van der Waals surface area contributed by atoms with E-state index in [-0.39, 0.29) is 5.91 Å². The van der Waals surface area contributed by atoms with Crippen molar-refractivity contribution in [2.24, 2.45) is 0 Å². The molecular weight excluding hydrogens is 330 g/mol. The number of carbonyl (C=O) groups excluding carboxylic acids is 1. The van der Waals surface area contributed by atoms with Gasteiger partial charge >= 0.3 is 0 Å². The Hall–Kier alpha value is -1.75. The molecular formula is C20H27N3OS. The normalized spacial score (nSPS) is 13.8. The Labute approximate surface area is 154 Å². The molecule has 5 heteroatoms. The highest BCUT2D eigenvalue weighted by molar-refractivity contribution is 7.99. The molecule has 0 fully saturated rings. The molecule has 2 aromatic rings. The zero-order valence-corrected chi connectivity index (χ0v) is 16.2. The van der Waals surface area contributed by atoms with Crippen LogP contribution in [0.2, 0.25) is 0 Å². The summed E-state index contributed by atoms with van der Waals surface area (Å²) in [6.07, 6.45) is 3.25. The molecule has 4 nitrogen and oxygen atoms in total. The number of carbonyl (C=O) groups is 1. The van der Waals surface area contributed by atoms with Crippen LogP contribution in [0.4, 0.5) is 0 Å². The van der Waals surface area contributed by atoms with Gasteiger partial charge in [-0.25, -0.2) is 4.98 Å². The van der Waals surface area contributed by atoms with Gasteiger partial charge in [0.15, 0.2) is 5.16 Å². The van der Waals surface area contributed by atoms with Crippen LogP contribution in [0, 0.1) is 13.8 Å². The molecule has 3 rings (SSSR count). The Morgan fingerprint density at radius 1 is 1.24 bits per heavy atom. The largest absolute Gasteiger partial charge is 0.337 e. The van der Waals surface area contributed by atoms with Crippen LogP contribution in [0.5, 0.6) is 0 Å². The summed E-state index contributed by atoms with van der Waals surface area (Å²) in [6, 6.07) is 8.43. The minimum Gasteiger partial charge on any atom is -0.337 e. The lowest BCUT2D eigenvalue weighted by Gasteiger charge is -2.28. The maximum Gasteiger partial charge on any atom is 0.233 e. The molecule has 1 aliphatic rings. The summed E-state index contributed by atoms with van der Waals surface area (Å²) >= 11 is 1.58. The van der Waals surface area contributed by atoms with Gasteiger partial charge < -0.3 is 9.47 Å². The van der Waals surface area contributed by atoms with Crippen LogP contribution in [-0.2, 0) is 24.3 Å². The van der Waals surface area contributed by atoms with Gasteiger partial charge in [-0.3, -0.25) is 4.79 Å². The first-order valence-corrected chi connectivity index (χ1v) is 10.1. The first kappa shape index (κ1) is 18.1. The van der Waals surface area contributed by atoms with Gasteiger partial charge in [-0.1, -0.05) is 49.4 Å². The molecule has 1 amide bonds. The summed E-state index contributed by atoms with van der Waals surface area (Å²) in [5.41, 5.74) is 4.94. The standard InChI is InChI=1S/C20H27N3OS/c1-4-5-11-23-16(3)15(2)21-20(23)25-14-19(24)22-12-10-17-8-6-7-9-18(17)13-22/h6-9H,4-5,10-14H2,1-3H3. The van der Waals surface area contributed by atoms with Crippen LogP contribution in [0.1, 0.15) is 42.3 Å². The molecule has 0 radical (unpaired) electrons. The maximum atomic E-state index is 12.7. The molecule has 25 heavy (non-hydrogen) atoms. The van der Waals surface area contributed by atoms with Crippen molar-refractivity contribution in [3.63, 3.8) is 0 Å². The first-order valence-electron chi connectivity index (χ1n) is 9.11. The third kappa shape index (κ3) is 4.09. The van der Waals surface area contributed by atoms with Gasteiger partial charge in [0.25, 0.3) is 0 Å². The predicted molar refractivity (Wildman–Crippen MR) is 103 cm³/mol. The molecule has 0 bridgehead atoms. The zero-order chi connectivity index (χ0) is 17.8. The molecule has 0 aliphatic carbocycles. The van der Waals surface area contributed by atoms with E-state index >= 15 is 0 Å². The number of imidazole rings is 1. The first-order chi connectivity index (χ1) is 12.1. The monoisotopic (exact) mass is 357 g/mol. The second-order valence-corrected chi connectivity index (χ2v) is 7.64. The van der Waals surface area contributed by atoms with E-state index in [2.05, 4.69) is 47.7 Å². The number of thioether (sulfide) groups is 1. The average molecular weight is 358 g/mol. The number of rotatable bonds is 6. The van der Waals surface area contributed by atoms with Crippen molar-refractivity contribution in [3.05, 3.63) is 46.8 Å². The van der Waals surface area contributed by atoms with E-state index in [4.69, 9.17) is 0 Å². The van der Waals surface area contributed by atoms with Crippen molar-refractivity contribution in [1.29, 1.82) is 0 Å². The van der Waals surface area contributed by atoms with Gasteiger partial charge in [-0.05, 0) is 37.8 Å². The molecule has 0 N–H and O–H groups in total. The van der Waals surface area contributed by atoms with Crippen LogP contribution in [0.15, 0.2) is 29.4 Å². The Morgan fingerprint density at radius 2 is 2.00 bits per heavy atom. The number of aryl methyl sites for hydroxylation is 1. The summed E-state index contributed by atoms with van der Waals surface area (Å²) in [6.45, 7) is 8.90. The molecule has 0 spiro atoms. The fraction of sp³-hybridized carbons (Fsp3) is 0.500. The summed E-state index contributed by atoms with van der Waals surface area (Å²) in [5, 5.41) is 0.981. The lowest BCUT2D eigenvalue weighted by atomic mass is 10.00. The van der Waals surface area contributed by atoms with Crippen molar-refractivity contribution >= 4 is 17.7 Å². The van der Waals surface area contributed by atoms with Crippen molar-refractivity contribution in [2.45, 2.75) is 58.3 Å².